The number of rotatable bonds is 7. The number of hydrogen-bond acceptors (Lipinski definition) is 5. The fraction of sp³-hybridized carbons (Fsp3) is 0.267. The number of unbranched alkanes of at least 4 members (excludes halogenated alkanes) is 1. The Labute approximate surface area is 133 Å². The van der Waals surface area contributed by atoms with Gasteiger partial charge in [0.2, 0.25) is 0 Å². The number of anilines is 1. The molecule has 116 valence electrons. The van der Waals surface area contributed by atoms with E-state index in [4.69, 9.17) is 16.3 Å². The third-order valence-electron chi connectivity index (χ3n) is 2.84. The van der Waals surface area contributed by atoms with Crippen molar-refractivity contribution in [1.29, 1.82) is 0 Å². The molecule has 0 aliphatic rings. The molecule has 0 unspecified atom stereocenters. The second-order valence-corrected chi connectivity index (χ2v) is 4.95. The van der Waals surface area contributed by atoms with Crippen molar-refractivity contribution in [3.63, 3.8) is 0 Å². The molecule has 2 aromatic rings. The van der Waals surface area contributed by atoms with Crippen LogP contribution in [0.25, 0.3) is 0 Å². The molecule has 0 radical (unpaired) electrons. The number of hydrogen-bond donors (Lipinski definition) is 2. The lowest BCUT2D eigenvalue weighted by atomic mass is 10.2. The smallest absolute Gasteiger partial charge is 0.285 e. The van der Waals surface area contributed by atoms with Gasteiger partial charge in [-0.1, -0.05) is 24.9 Å². The van der Waals surface area contributed by atoms with Gasteiger partial charge < -0.3 is 4.74 Å². The van der Waals surface area contributed by atoms with Crippen molar-refractivity contribution in [2.24, 2.45) is 5.10 Å². The van der Waals surface area contributed by atoms with Crippen LogP contribution in [0, 0.1) is 0 Å². The summed E-state index contributed by atoms with van der Waals surface area (Å²) in [5.41, 5.74) is 3.46. The zero-order valence-electron chi connectivity index (χ0n) is 12.2. The number of nitrogens with zero attached hydrogens (tertiary/aromatic N) is 2. The zero-order chi connectivity index (χ0) is 15.8. The van der Waals surface area contributed by atoms with Crippen LogP contribution in [0.5, 0.6) is 5.75 Å². The molecule has 0 fully saturated rings. The van der Waals surface area contributed by atoms with E-state index in [1.54, 1.807) is 6.21 Å². The van der Waals surface area contributed by atoms with E-state index in [1.807, 2.05) is 24.3 Å². The maximum Gasteiger partial charge on any atom is 0.285 e. The summed E-state index contributed by atoms with van der Waals surface area (Å²) < 4.78 is 5.58. The molecule has 2 rings (SSSR count). The summed E-state index contributed by atoms with van der Waals surface area (Å²) >= 11 is 5.82. The van der Waals surface area contributed by atoms with Crippen molar-refractivity contribution in [2.45, 2.75) is 19.8 Å². The van der Waals surface area contributed by atoms with Gasteiger partial charge in [-0.05, 0) is 36.2 Å². The quantitative estimate of drug-likeness (QED) is 0.467. The van der Waals surface area contributed by atoms with E-state index < -0.39 is 5.56 Å². The summed E-state index contributed by atoms with van der Waals surface area (Å²) in [5, 5.41) is 9.92. The number of aromatic amines is 1. The Balaban J connectivity index is 1.93. The van der Waals surface area contributed by atoms with Crippen molar-refractivity contribution in [3.8, 4) is 5.75 Å². The Hall–Kier alpha value is -2.34. The molecule has 1 heterocycles. The highest BCUT2D eigenvalue weighted by atomic mass is 35.5. The first-order valence-electron chi connectivity index (χ1n) is 6.96. The average Bonchev–Trinajstić information content (AvgIpc) is 2.53. The summed E-state index contributed by atoms with van der Waals surface area (Å²) in [6.45, 7) is 2.85. The Morgan fingerprint density at radius 2 is 2.18 bits per heavy atom. The first-order chi connectivity index (χ1) is 10.7. The van der Waals surface area contributed by atoms with Crippen molar-refractivity contribution in [2.75, 3.05) is 12.0 Å². The third kappa shape index (κ3) is 4.60. The van der Waals surface area contributed by atoms with Crippen LogP contribution in [0.3, 0.4) is 0 Å². The van der Waals surface area contributed by atoms with Gasteiger partial charge in [0.25, 0.3) is 5.56 Å². The largest absolute Gasteiger partial charge is 0.494 e. The second-order valence-electron chi connectivity index (χ2n) is 4.57. The Bertz CT molecular complexity index is 683. The molecule has 7 heteroatoms. The summed E-state index contributed by atoms with van der Waals surface area (Å²) in [4.78, 5) is 11.3. The lowest BCUT2D eigenvalue weighted by Gasteiger charge is -2.05. The van der Waals surface area contributed by atoms with Crippen LogP contribution in [0.1, 0.15) is 25.3 Å². The Morgan fingerprint density at radius 3 is 2.91 bits per heavy atom. The minimum absolute atomic E-state index is 0.0202. The van der Waals surface area contributed by atoms with Crippen molar-refractivity contribution < 1.29 is 4.74 Å². The normalized spacial score (nSPS) is 10.8. The minimum atomic E-state index is -0.463. The van der Waals surface area contributed by atoms with Gasteiger partial charge in [-0.2, -0.15) is 10.2 Å². The number of benzene rings is 1. The van der Waals surface area contributed by atoms with Gasteiger partial charge in [0.05, 0.1) is 19.0 Å². The van der Waals surface area contributed by atoms with Gasteiger partial charge in [0.1, 0.15) is 16.5 Å². The highest BCUT2D eigenvalue weighted by Crippen LogP contribution is 2.14. The average molecular weight is 321 g/mol. The van der Waals surface area contributed by atoms with Crippen LogP contribution in [0.15, 0.2) is 40.4 Å². The molecule has 6 nitrogen and oxygen atoms in total. The van der Waals surface area contributed by atoms with E-state index >= 15 is 0 Å². The van der Waals surface area contributed by atoms with E-state index in [0.717, 1.165) is 30.8 Å². The SMILES string of the molecule is CCCCOc1ccc(/C=N/Nc2cn[nH]c(=O)c2Cl)cc1. The highest BCUT2D eigenvalue weighted by Gasteiger charge is 2.02. The molecule has 2 N–H and O–H groups in total. The number of hydrazone groups is 1. The molecule has 0 aliphatic carbocycles. The molecule has 1 aromatic heterocycles. The molecule has 0 aliphatic heterocycles. The zero-order valence-corrected chi connectivity index (χ0v) is 12.9. The minimum Gasteiger partial charge on any atom is -0.494 e. The van der Waals surface area contributed by atoms with Crippen LogP contribution in [0.4, 0.5) is 5.69 Å². The standard InChI is InChI=1S/C15H17ClN4O2/c1-2-3-8-22-12-6-4-11(5-7-12)9-17-19-13-10-18-20-15(21)14(13)16/h4-7,9-10H,2-3,8H2,1H3,(H2,19,20,21)/b17-9+. The van der Waals surface area contributed by atoms with Crippen LogP contribution in [0.2, 0.25) is 5.02 Å². The van der Waals surface area contributed by atoms with Gasteiger partial charge in [0.15, 0.2) is 0 Å². The highest BCUT2D eigenvalue weighted by molar-refractivity contribution is 6.32. The van der Waals surface area contributed by atoms with Gasteiger partial charge in [-0.3, -0.25) is 10.2 Å². The number of nitrogens with one attached hydrogen (secondary N) is 2. The van der Waals surface area contributed by atoms with Crippen molar-refractivity contribution in [1.82, 2.24) is 10.2 Å². The lowest BCUT2D eigenvalue weighted by Crippen LogP contribution is -2.10. The first-order valence-corrected chi connectivity index (χ1v) is 7.33. The molecule has 0 saturated carbocycles. The van der Waals surface area contributed by atoms with E-state index in [9.17, 15) is 4.79 Å². The predicted molar refractivity (Wildman–Crippen MR) is 87.9 cm³/mol. The van der Waals surface area contributed by atoms with Crippen molar-refractivity contribution >= 4 is 23.5 Å². The molecule has 0 spiro atoms. The van der Waals surface area contributed by atoms with Gasteiger partial charge in [-0.25, -0.2) is 5.10 Å². The monoisotopic (exact) mass is 320 g/mol. The molecule has 0 saturated heterocycles. The van der Waals surface area contributed by atoms with Crippen LogP contribution in [-0.2, 0) is 0 Å². The topological polar surface area (TPSA) is 79.4 Å². The third-order valence-corrected chi connectivity index (χ3v) is 3.22. The van der Waals surface area contributed by atoms with Gasteiger partial charge in [-0.15, -0.1) is 0 Å². The van der Waals surface area contributed by atoms with Crippen molar-refractivity contribution in [3.05, 3.63) is 51.4 Å². The Morgan fingerprint density at radius 1 is 1.41 bits per heavy atom. The number of halogens is 1. The summed E-state index contributed by atoms with van der Waals surface area (Å²) in [5.74, 6) is 0.834. The van der Waals surface area contributed by atoms with E-state index in [1.165, 1.54) is 6.20 Å². The van der Waals surface area contributed by atoms with Gasteiger partial charge >= 0.3 is 0 Å². The maximum atomic E-state index is 11.3. The van der Waals surface area contributed by atoms with E-state index in [0.29, 0.717) is 5.69 Å². The summed E-state index contributed by atoms with van der Waals surface area (Å²) in [6.07, 6.45) is 5.16. The summed E-state index contributed by atoms with van der Waals surface area (Å²) in [6, 6.07) is 7.56. The van der Waals surface area contributed by atoms with Crippen LogP contribution >= 0.6 is 11.6 Å². The molecule has 0 bridgehead atoms. The van der Waals surface area contributed by atoms with E-state index in [2.05, 4.69) is 27.6 Å². The molecule has 0 atom stereocenters. The van der Waals surface area contributed by atoms with Gasteiger partial charge in [0, 0.05) is 0 Å². The molecule has 1 aromatic carbocycles. The summed E-state index contributed by atoms with van der Waals surface area (Å²) in [7, 11) is 0. The van der Waals surface area contributed by atoms with E-state index in [-0.39, 0.29) is 5.02 Å². The molecule has 0 amide bonds. The molecular weight excluding hydrogens is 304 g/mol. The fourth-order valence-corrected chi connectivity index (χ4v) is 1.76. The number of ether oxygens (including phenoxy) is 1. The van der Waals surface area contributed by atoms with Crippen LogP contribution in [-0.4, -0.2) is 23.0 Å². The first kappa shape index (κ1) is 16.0. The Kier molecular flexibility index (Phi) is 5.97. The molecule has 22 heavy (non-hydrogen) atoms. The maximum absolute atomic E-state index is 11.3. The fourth-order valence-electron chi connectivity index (χ4n) is 1.62. The second kappa shape index (κ2) is 8.19. The van der Waals surface area contributed by atoms with Crippen LogP contribution < -0.4 is 15.7 Å². The molecular formula is C15H17ClN4O2. The lowest BCUT2D eigenvalue weighted by molar-refractivity contribution is 0.309. The predicted octanol–water partition coefficient (Wildman–Crippen LogP) is 3.05. The number of aromatic nitrogens is 2. The number of H-pyrrole nitrogens is 1.